The summed E-state index contributed by atoms with van der Waals surface area (Å²) in [7, 11) is 1.48. The molecule has 0 bridgehead atoms. The summed E-state index contributed by atoms with van der Waals surface area (Å²) in [5, 5.41) is 4.33. The van der Waals surface area contributed by atoms with E-state index in [1.807, 2.05) is 12.1 Å². The quantitative estimate of drug-likeness (QED) is 0.520. The Morgan fingerprint density at radius 1 is 1.10 bits per heavy atom. The van der Waals surface area contributed by atoms with Gasteiger partial charge in [-0.25, -0.2) is 9.78 Å². The van der Waals surface area contributed by atoms with E-state index in [0.29, 0.717) is 37.1 Å². The van der Waals surface area contributed by atoms with Crippen molar-refractivity contribution in [3.8, 4) is 16.3 Å². The van der Waals surface area contributed by atoms with Crippen molar-refractivity contribution in [2.45, 2.75) is 6.92 Å². The normalized spacial score (nSPS) is 10.5. The largest absolute Gasteiger partial charge is 0.495 e. The van der Waals surface area contributed by atoms with Crippen LogP contribution in [-0.4, -0.2) is 30.6 Å². The molecular formula is C20H16Cl2N2O4S. The minimum atomic E-state index is -0.617. The van der Waals surface area contributed by atoms with Gasteiger partial charge in [0.2, 0.25) is 0 Å². The first kappa shape index (κ1) is 21.1. The first-order valence-corrected chi connectivity index (χ1v) is 9.98. The molecule has 0 saturated carbocycles. The van der Waals surface area contributed by atoms with Gasteiger partial charge in [0.1, 0.15) is 15.6 Å². The van der Waals surface area contributed by atoms with Crippen LogP contribution in [0.15, 0.2) is 42.5 Å². The van der Waals surface area contributed by atoms with Crippen molar-refractivity contribution >= 4 is 52.1 Å². The van der Waals surface area contributed by atoms with Gasteiger partial charge in [0.25, 0.3) is 5.91 Å². The molecule has 0 spiro atoms. The number of thiazole rings is 1. The topological polar surface area (TPSA) is 77.5 Å². The van der Waals surface area contributed by atoms with Crippen molar-refractivity contribution in [2.75, 3.05) is 19.0 Å². The molecular weight excluding hydrogens is 435 g/mol. The zero-order valence-corrected chi connectivity index (χ0v) is 17.8. The molecule has 3 rings (SSSR count). The standard InChI is InChI=1S/C20H16Cl2N2O4S/c1-11-18(29-19(23-11)12-3-5-13(21)6-4-12)20(26)28-10-17(25)24-15-9-14(22)7-8-16(15)27-2/h3-9H,10H2,1-2H3,(H,24,25). The number of benzene rings is 2. The Labute approximate surface area is 181 Å². The van der Waals surface area contributed by atoms with Gasteiger partial charge >= 0.3 is 5.97 Å². The molecule has 0 atom stereocenters. The molecule has 0 saturated heterocycles. The first-order chi connectivity index (χ1) is 13.9. The second kappa shape index (κ2) is 9.26. The summed E-state index contributed by atoms with van der Waals surface area (Å²) in [5.41, 5.74) is 1.76. The smallest absolute Gasteiger partial charge is 0.350 e. The number of rotatable bonds is 6. The van der Waals surface area contributed by atoms with E-state index >= 15 is 0 Å². The van der Waals surface area contributed by atoms with Crippen molar-refractivity contribution in [1.82, 2.24) is 4.98 Å². The average molecular weight is 451 g/mol. The van der Waals surface area contributed by atoms with Gasteiger partial charge in [-0.2, -0.15) is 0 Å². The molecule has 150 valence electrons. The molecule has 2 aromatic carbocycles. The number of esters is 1. The van der Waals surface area contributed by atoms with Gasteiger partial charge in [-0.3, -0.25) is 4.79 Å². The third-order valence-corrected chi connectivity index (χ3v) is 5.52. The number of ether oxygens (including phenoxy) is 2. The minimum Gasteiger partial charge on any atom is -0.495 e. The van der Waals surface area contributed by atoms with Gasteiger partial charge < -0.3 is 14.8 Å². The number of halogens is 2. The number of carbonyl (C=O) groups excluding carboxylic acids is 2. The van der Waals surface area contributed by atoms with Gasteiger partial charge in [0.15, 0.2) is 6.61 Å². The molecule has 0 aliphatic carbocycles. The summed E-state index contributed by atoms with van der Waals surface area (Å²) < 4.78 is 10.3. The second-order valence-electron chi connectivity index (χ2n) is 5.91. The highest BCUT2D eigenvalue weighted by molar-refractivity contribution is 7.17. The van der Waals surface area contributed by atoms with E-state index < -0.39 is 18.5 Å². The number of aromatic nitrogens is 1. The van der Waals surface area contributed by atoms with Crippen LogP contribution in [0.3, 0.4) is 0 Å². The van der Waals surface area contributed by atoms with Crippen LogP contribution in [0.2, 0.25) is 10.0 Å². The molecule has 0 aliphatic rings. The SMILES string of the molecule is COc1ccc(Cl)cc1NC(=O)COC(=O)c1sc(-c2ccc(Cl)cc2)nc1C. The average Bonchev–Trinajstić information content (AvgIpc) is 3.08. The van der Waals surface area contributed by atoms with Gasteiger partial charge in [0, 0.05) is 15.6 Å². The molecule has 3 aromatic rings. The van der Waals surface area contributed by atoms with Crippen molar-refractivity contribution in [1.29, 1.82) is 0 Å². The highest BCUT2D eigenvalue weighted by atomic mass is 35.5. The highest BCUT2D eigenvalue weighted by Gasteiger charge is 2.19. The van der Waals surface area contributed by atoms with Gasteiger partial charge in [-0.05, 0) is 37.3 Å². The molecule has 29 heavy (non-hydrogen) atoms. The second-order valence-corrected chi connectivity index (χ2v) is 7.78. The first-order valence-electron chi connectivity index (χ1n) is 8.41. The number of aryl methyl sites for hydroxylation is 1. The van der Waals surface area contributed by atoms with E-state index in [2.05, 4.69) is 10.3 Å². The zero-order chi connectivity index (χ0) is 21.0. The maximum absolute atomic E-state index is 12.4. The monoisotopic (exact) mass is 450 g/mol. The number of nitrogens with one attached hydrogen (secondary N) is 1. The molecule has 1 amide bonds. The molecule has 0 aliphatic heterocycles. The summed E-state index contributed by atoms with van der Waals surface area (Å²) in [6, 6.07) is 12.0. The van der Waals surface area contributed by atoms with Crippen LogP contribution in [0.25, 0.3) is 10.6 Å². The van der Waals surface area contributed by atoms with E-state index in [4.69, 9.17) is 32.7 Å². The third-order valence-electron chi connectivity index (χ3n) is 3.84. The van der Waals surface area contributed by atoms with Crippen molar-refractivity contribution in [3.05, 3.63) is 63.1 Å². The fraction of sp³-hybridized carbons (Fsp3) is 0.150. The van der Waals surface area contributed by atoms with Crippen LogP contribution in [-0.2, 0) is 9.53 Å². The van der Waals surface area contributed by atoms with E-state index in [-0.39, 0.29) is 0 Å². The number of methoxy groups -OCH3 is 1. The van der Waals surface area contributed by atoms with Crippen LogP contribution in [0.5, 0.6) is 5.75 Å². The Balaban J connectivity index is 1.64. The fourth-order valence-electron chi connectivity index (χ4n) is 2.46. The van der Waals surface area contributed by atoms with E-state index in [9.17, 15) is 9.59 Å². The molecule has 0 radical (unpaired) electrons. The predicted octanol–water partition coefficient (Wildman–Crippen LogP) is 5.23. The molecule has 0 fully saturated rings. The Hall–Kier alpha value is -2.61. The van der Waals surface area contributed by atoms with Gasteiger partial charge in [0.05, 0.1) is 18.5 Å². The molecule has 6 nitrogen and oxygen atoms in total. The molecule has 0 unspecified atom stereocenters. The van der Waals surface area contributed by atoms with Crippen molar-refractivity contribution < 1.29 is 19.1 Å². The summed E-state index contributed by atoms with van der Waals surface area (Å²) in [6.45, 7) is 1.26. The van der Waals surface area contributed by atoms with E-state index in [1.54, 1.807) is 37.3 Å². The number of carbonyl (C=O) groups is 2. The summed E-state index contributed by atoms with van der Waals surface area (Å²) in [6.07, 6.45) is 0. The molecule has 1 N–H and O–H groups in total. The lowest BCUT2D eigenvalue weighted by Crippen LogP contribution is -2.21. The lowest BCUT2D eigenvalue weighted by atomic mass is 10.2. The Morgan fingerprint density at radius 2 is 1.79 bits per heavy atom. The van der Waals surface area contributed by atoms with Crippen molar-refractivity contribution in [3.63, 3.8) is 0 Å². The highest BCUT2D eigenvalue weighted by Crippen LogP contribution is 2.30. The number of hydrogen-bond acceptors (Lipinski definition) is 6. The van der Waals surface area contributed by atoms with Gasteiger partial charge in [-0.1, -0.05) is 35.3 Å². The number of nitrogens with zero attached hydrogens (tertiary/aromatic N) is 1. The number of anilines is 1. The predicted molar refractivity (Wildman–Crippen MR) is 114 cm³/mol. The fourth-order valence-corrected chi connectivity index (χ4v) is 3.73. The third kappa shape index (κ3) is 5.26. The van der Waals surface area contributed by atoms with Gasteiger partial charge in [-0.15, -0.1) is 11.3 Å². The minimum absolute atomic E-state index is 0.336. The van der Waals surface area contributed by atoms with Crippen LogP contribution in [0, 0.1) is 6.92 Å². The maximum Gasteiger partial charge on any atom is 0.350 e. The van der Waals surface area contributed by atoms with E-state index in [0.717, 1.165) is 5.56 Å². The van der Waals surface area contributed by atoms with Crippen molar-refractivity contribution in [2.24, 2.45) is 0 Å². The summed E-state index contributed by atoms with van der Waals surface area (Å²) in [4.78, 5) is 29.3. The maximum atomic E-state index is 12.4. The molecule has 1 heterocycles. The Kier molecular flexibility index (Phi) is 6.74. The van der Waals surface area contributed by atoms with E-state index in [1.165, 1.54) is 18.4 Å². The van der Waals surface area contributed by atoms with Crippen LogP contribution < -0.4 is 10.1 Å². The van der Waals surface area contributed by atoms with Crippen LogP contribution in [0.1, 0.15) is 15.4 Å². The zero-order valence-electron chi connectivity index (χ0n) is 15.5. The molecule has 1 aromatic heterocycles. The van der Waals surface area contributed by atoms with Crippen LogP contribution >= 0.6 is 34.5 Å². The number of hydrogen-bond donors (Lipinski definition) is 1. The summed E-state index contributed by atoms with van der Waals surface area (Å²) >= 11 is 13.0. The summed E-state index contributed by atoms with van der Waals surface area (Å²) in [5.74, 6) is -0.688. The lowest BCUT2D eigenvalue weighted by Gasteiger charge is -2.10. The molecule has 9 heteroatoms. The Morgan fingerprint density at radius 3 is 2.48 bits per heavy atom. The lowest BCUT2D eigenvalue weighted by molar-refractivity contribution is -0.119. The Bertz CT molecular complexity index is 1050. The van der Waals surface area contributed by atoms with Crippen LogP contribution in [0.4, 0.5) is 5.69 Å². The number of amides is 1.